The second-order valence-electron chi connectivity index (χ2n) is 11.2. The molecule has 7 heteroatoms. The number of nitro groups is 1. The molecular formula is C29H36N2O5. The quantitative estimate of drug-likeness (QED) is 0.304. The van der Waals surface area contributed by atoms with Gasteiger partial charge >= 0.3 is 5.97 Å². The van der Waals surface area contributed by atoms with Gasteiger partial charge in [-0.2, -0.15) is 0 Å². The molecule has 1 fully saturated rings. The minimum absolute atomic E-state index is 0.0495. The van der Waals surface area contributed by atoms with Gasteiger partial charge in [-0.05, 0) is 71.1 Å². The fourth-order valence-corrected chi connectivity index (χ4v) is 6.53. The summed E-state index contributed by atoms with van der Waals surface area (Å²) in [6.07, 6.45) is 5.45. The van der Waals surface area contributed by atoms with E-state index in [4.69, 9.17) is 4.74 Å². The molecule has 0 radical (unpaired) electrons. The van der Waals surface area contributed by atoms with E-state index in [-0.39, 0.29) is 28.0 Å². The number of aryl methyl sites for hydroxylation is 1. The smallest absolute Gasteiger partial charge is 0.338 e. The molecule has 1 N–H and O–H groups in total. The van der Waals surface area contributed by atoms with E-state index >= 15 is 0 Å². The summed E-state index contributed by atoms with van der Waals surface area (Å²) >= 11 is 0. The topological polar surface area (TPSA) is 98.5 Å². The molecule has 2 aliphatic rings. The number of fused-ring (bicyclic) bond motifs is 3. The number of rotatable bonds is 7. The van der Waals surface area contributed by atoms with Crippen LogP contribution in [-0.2, 0) is 21.4 Å². The molecule has 1 amide bonds. The summed E-state index contributed by atoms with van der Waals surface area (Å²) in [5, 5.41) is 13.9. The van der Waals surface area contributed by atoms with Crippen LogP contribution in [0.1, 0.15) is 86.3 Å². The highest BCUT2D eigenvalue weighted by Gasteiger charge is 2.51. The zero-order valence-corrected chi connectivity index (χ0v) is 21.6. The number of nitro benzene ring substituents is 1. The van der Waals surface area contributed by atoms with E-state index in [9.17, 15) is 19.7 Å². The molecule has 0 bridgehead atoms. The van der Waals surface area contributed by atoms with E-state index in [0.29, 0.717) is 18.4 Å². The molecule has 0 aromatic heterocycles. The third kappa shape index (κ3) is 5.01. The summed E-state index contributed by atoms with van der Waals surface area (Å²) in [6, 6.07) is 12.3. The van der Waals surface area contributed by atoms with Crippen LogP contribution in [0.2, 0.25) is 0 Å². The number of amides is 1. The Kier molecular flexibility index (Phi) is 7.21. The molecule has 1 saturated carbocycles. The van der Waals surface area contributed by atoms with E-state index in [0.717, 1.165) is 38.2 Å². The number of non-ortho nitro benzene ring substituents is 1. The van der Waals surface area contributed by atoms with Crippen molar-refractivity contribution in [3.8, 4) is 0 Å². The lowest BCUT2D eigenvalue weighted by Crippen LogP contribution is -2.53. The first-order valence-electron chi connectivity index (χ1n) is 12.8. The van der Waals surface area contributed by atoms with E-state index in [1.165, 1.54) is 34.9 Å². The zero-order chi connectivity index (χ0) is 26.1. The van der Waals surface area contributed by atoms with Crippen molar-refractivity contribution < 1.29 is 19.2 Å². The van der Waals surface area contributed by atoms with Crippen molar-refractivity contribution in [1.29, 1.82) is 0 Å². The standard InChI is InChI=1S/C29H36N2O5/c1-19(2)20-9-11-24-21(15-20)10-12-25-28(3,13-6-14-29(24,25)4)18-30-26(32)17-36-27(33)22-7-5-8-23(16-22)31(34)35/h5,7-9,11,15-16,19,25H,6,10,12-14,17-18H2,1-4H3,(H,30,32). The van der Waals surface area contributed by atoms with Gasteiger partial charge in [0.2, 0.25) is 0 Å². The molecule has 4 rings (SSSR count). The van der Waals surface area contributed by atoms with Crippen molar-refractivity contribution >= 4 is 17.6 Å². The van der Waals surface area contributed by atoms with E-state index in [1.54, 1.807) is 0 Å². The molecule has 2 aromatic carbocycles. The second kappa shape index (κ2) is 10.0. The number of benzene rings is 2. The highest BCUT2D eigenvalue weighted by Crippen LogP contribution is 2.57. The lowest BCUT2D eigenvalue weighted by atomic mass is 9.49. The fourth-order valence-electron chi connectivity index (χ4n) is 6.53. The van der Waals surface area contributed by atoms with Gasteiger partial charge in [-0.25, -0.2) is 4.79 Å². The molecule has 0 heterocycles. The Balaban J connectivity index is 1.39. The van der Waals surface area contributed by atoms with Crippen molar-refractivity contribution in [2.75, 3.05) is 13.2 Å². The molecule has 3 unspecified atom stereocenters. The van der Waals surface area contributed by atoms with Crippen LogP contribution in [0, 0.1) is 21.4 Å². The fraction of sp³-hybridized carbons (Fsp3) is 0.517. The highest BCUT2D eigenvalue weighted by molar-refractivity contribution is 5.91. The number of nitrogens with zero attached hydrogens (tertiary/aromatic N) is 1. The molecule has 0 saturated heterocycles. The summed E-state index contributed by atoms with van der Waals surface area (Å²) in [4.78, 5) is 35.2. The van der Waals surface area contributed by atoms with E-state index in [1.807, 2.05) is 0 Å². The Morgan fingerprint density at radius 3 is 2.67 bits per heavy atom. The molecule has 7 nitrogen and oxygen atoms in total. The monoisotopic (exact) mass is 492 g/mol. The highest BCUT2D eigenvalue weighted by atomic mass is 16.6. The molecular weight excluding hydrogens is 456 g/mol. The maximum Gasteiger partial charge on any atom is 0.338 e. The number of hydrogen-bond donors (Lipinski definition) is 1. The van der Waals surface area contributed by atoms with Gasteiger partial charge < -0.3 is 10.1 Å². The number of carbonyl (C=O) groups excluding carboxylic acids is 2. The number of hydrogen-bond acceptors (Lipinski definition) is 5. The molecule has 36 heavy (non-hydrogen) atoms. The lowest BCUT2D eigenvalue weighted by molar-refractivity contribution is -0.384. The number of ether oxygens (including phenoxy) is 1. The molecule has 3 atom stereocenters. The third-order valence-corrected chi connectivity index (χ3v) is 8.48. The van der Waals surface area contributed by atoms with Crippen molar-refractivity contribution in [2.24, 2.45) is 11.3 Å². The van der Waals surface area contributed by atoms with Gasteiger partial charge in [-0.1, -0.05) is 58.4 Å². The summed E-state index contributed by atoms with van der Waals surface area (Å²) < 4.78 is 5.13. The van der Waals surface area contributed by atoms with Crippen molar-refractivity contribution in [1.82, 2.24) is 5.32 Å². The van der Waals surface area contributed by atoms with Gasteiger partial charge in [-0.15, -0.1) is 0 Å². The van der Waals surface area contributed by atoms with Gasteiger partial charge in [0.1, 0.15) is 0 Å². The first-order valence-corrected chi connectivity index (χ1v) is 12.8. The summed E-state index contributed by atoms with van der Waals surface area (Å²) in [7, 11) is 0. The normalized spacial score (nSPS) is 25.0. The molecule has 0 aliphatic heterocycles. The predicted molar refractivity (Wildman–Crippen MR) is 138 cm³/mol. The largest absolute Gasteiger partial charge is 0.452 e. The van der Waals surface area contributed by atoms with Crippen molar-refractivity contribution in [2.45, 2.75) is 71.1 Å². The average molecular weight is 493 g/mol. The maximum absolute atomic E-state index is 12.6. The first-order chi connectivity index (χ1) is 17.0. The molecule has 0 spiro atoms. The average Bonchev–Trinajstić information content (AvgIpc) is 2.85. The number of esters is 1. The van der Waals surface area contributed by atoms with Gasteiger partial charge in [0.05, 0.1) is 10.5 Å². The Morgan fingerprint density at radius 1 is 1.17 bits per heavy atom. The summed E-state index contributed by atoms with van der Waals surface area (Å²) in [6.45, 7) is 9.25. The zero-order valence-electron chi connectivity index (χ0n) is 21.6. The van der Waals surface area contributed by atoms with Crippen LogP contribution in [-0.4, -0.2) is 30.0 Å². The van der Waals surface area contributed by atoms with Crippen LogP contribution in [0.25, 0.3) is 0 Å². The van der Waals surface area contributed by atoms with E-state index in [2.05, 4.69) is 51.2 Å². The van der Waals surface area contributed by atoms with Crippen LogP contribution in [0.15, 0.2) is 42.5 Å². The van der Waals surface area contributed by atoms with Crippen LogP contribution in [0.5, 0.6) is 0 Å². The van der Waals surface area contributed by atoms with Crippen LogP contribution in [0.4, 0.5) is 5.69 Å². The van der Waals surface area contributed by atoms with Gasteiger partial charge in [0.15, 0.2) is 6.61 Å². The molecule has 2 aliphatic carbocycles. The number of carbonyl (C=O) groups is 2. The van der Waals surface area contributed by atoms with Crippen LogP contribution < -0.4 is 5.32 Å². The summed E-state index contributed by atoms with van der Waals surface area (Å²) in [5.41, 5.74) is 4.20. The van der Waals surface area contributed by atoms with Gasteiger partial charge in [0, 0.05) is 18.7 Å². The second-order valence-corrected chi connectivity index (χ2v) is 11.2. The lowest BCUT2D eigenvalue weighted by Gasteiger charge is -2.55. The minimum atomic E-state index is -0.755. The Hall–Kier alpha value is -3.22. The van der Waals surface area contributed by atoms with Crippen LogP contribution in [0.3, 0.4) is 0 Å². The molecule has 2 aromatic rings. The van der Waals surface area contributed by atoms with Crippen molar-refractivity contribution in [3.63, 3.8) is 0 Å². The Morgan fingerprint density at radius 2 is 1.94 bits per heavy atom. The van der Waals surface area contributed by atoms with Gasteiger partial charge in [-0.3, -0.25) is 14.9 Å². The Bertz CT molecular complexity index is 1180. The third-order valence-electron chi connectivity index (χ3n) is 8.48. The molecule has 192 valence electrons. The van der Waals surface area contributed by atoms with E-state index < -0.39 is 17.5 Å². The van der Waals surface area contributed by atoms with Crippen molar-refractivity contribution in [3.05, 3.63) is 74.8 Å². The number of nitrogens with one attached hydrogen (secondary N) is 1. The van der Waals surface area contributed by atoms with Crippen LogP contribution >= 0.6 is 0 Å². The SMILES string of the molecule is CC(C)c1ccc2c(c1)CCC1C(C)(CNC(=O)COC(=O)c3cccc([N+](=O)[O-])c3)CCCC21C. The Labute approximate surface area is 212 Å². The van der Waals surface area contributed by atoms with Gasteiger partial charge in [0.25, 0.3) is 11.6 Å². The maximum atomic E-state index is 12.6. The predicted octanol–water partition coefficient (Wildman–Crippen LogP) is 5.70. The minimum Gasteiger partial charge on any atom is -0.452 e. The summed E-state index contributed by atoms with van der Waals surface area (Å²) in [5.74, 6) is -0.155. The first kappa shape index (κ1) is 25.9.